The number of carbonyl (C=O) groups is 1. The number of nitrogens with two attached hydrogens (primary N) is 1. The summed E-state index contributed by atoms with van der Waals surface area (Å²) in [4.78, 5) is 14.2. The van der Waals surface area contributed by atoms with E-state index in [9.17, 15) is 4.79 Å². The van der Waals surface area contributed by atoms with Gasteiger partial charge in [-0.15, -0.1) is 11.3 Å². The lowest BCUT2D eigenvalue weighted by Crippen LogP contribution is -2.44. The molecule has 1 aromatic rings. The molecular formula is C14H22N2OS. The molecule has 3 nitrogen and oxygen atoms in total. The molecule has 0 aliphatic heterocycles. The topological polar surface area (TPSA) is 55.1 Å². The van der Waals surface area contributed by atoms with Gasteiger partial charge in [-0.3, -0.25) is 4.79 Å². The molecule has 0 saturated heterocycles. The summed E-state index contributed by atoms with van der Waals surface area (Å²) < 4.78 is 0. The highest BCUT2D eigenvalue weighted by molar-refractivity contribution is 7.14. The fraction of sp³-hybridized carbons (Fsp3) is 0.643. The Morgan fingerprint density at radius 1 is 1.44 bits per heavy atom. The monoisotopic (exact) mass is 266 g/mol. The van der Waals surface area contributed by atoms with Crippen molar-refractivity contribution in [1.29, 1.82) is 0 Å². The second-order valence-electron chi connectivity index (χ2n) is 5.21. The van der Waals surface area contributed by atoms with Crippen LogP contribution < -0.4 is 11.1 Å². The SMILES string of the molecule is Cc1cc(C(=O)NC2CCCCC2CN)sc1C. The molecule has 0 spiro atoms. The van der Waals surface area contributed by atoms with Crippen LogP contribution in [0.4, 0.5) is 0 Å². The zero-order valence-corrected chi connectivity index (χ0v) is 12.0. The number of carbonyl (C=O) groups excluding carboxylic acids is 1. The molecule has 4 heteroatoms. The van der Waals surface area contributed by atoms with Crippen LogP contribution in [0.2, 0.25) is 0 Å². The lowest BCUT2D eigenvalue weighted by molar-refractivity contribution is 0.0912. The largest absolute Gasteiger partial charge is 0.348 e. The summed E-state index contributed by atoms with van der Waals surface area (Å²) in [5.74, 6) is 0.520. The number of thiophene rings is 1. The van der Waals surface area contributed by atoms with Crippen LogP contribution in [-0.4, -0.2) is 18.5 Å². The maximum atomic E-state index is 12.2. The molecular weight excluding hydrogens is 244 g/mol. The first-order valence-electron chi connectivity index (χ1n) is 6.69. The predicted molar refractivity (Wildman–Crippen MR) is 76.1 cm³/mol. The van der Waals surface area contributed by atoms with Crippen LogP contribution in [0.5, 0.6) is 0 Å². The van der Waals surface area contributed by atoms with E-state index in [0.29, 0.717) is 12.5 Å². The van der Waals surface area contributed by atoms with Crippen molar-refractivity contribution < 1.29 is 4.79 Å². The summed E-state index contributed by atoms with van der Waals surface area (Å²) in [7, 11) is 0. The van der Waals surface area contributed by atoms with E-state index in [1.807, 2.05) is 13.0 Å². The second kappa shape index (κ2) is 5.85. The van der Waals surface area contributed by atoms with Gasteiger partial charge in [0.15, 0.2) is 0 Å². The van der Waals surface area contributed by atoms with E-state index in [-0.39, 0.29) is 11.9 Å². The molecule has 3 N–H and O–H groups in total. The highest BCUT2D eigenvalue weighted by atomic mass is 32.1. The average Bonchev–Trinajstić information content (AvgIpc) is 2.70. The van der Waals surface area contributed by atoms with Crippen LogP contribution in [0.1, 0.15) is 45.8 Å². The number of nitrogens with one attached hydrogen (secondary N) is 1. The fourth-order valence-corrected chi connectivity index (χ4v) is 3.54. The first-order chi connectivity index (χ1) is 8.61. The molecule has 2 atom stereocenters. The Morgan fingerprint density at radius 2 is 2.17 bits per heavy atom. The van der Waals surface area contributed by atoms with Gasteiger partial charge in [-0.25, -0.2) is 0 Å². The summed E-state index contributed by atoms with van der Waals surface area (Å²) >= 11 is 1.58. The summed E-state index contributed by atoms with van der Waals surface area (Å²) in [5.41, 5.74) is 6.99. The number of amides is 1. The molecule has 1 amide bonds. The van der Waals surface area contributed by atoms with Crippen LogP contribution >= 0.6 is 11.3 Å². The van der Waals surface area contributed by atoms with Gasteiger partial charge in [0.1, 0.15) is 0 Å². The normalized spacial score (nSPS) is 23.9. The van der Waals surface area contributed by atoms with Gasteiger partial charge in [0, 0.05) is 10.9 Å². The number of rotatable bonds is 3. The van der Waals surface area contributed by atoms with Crippen molar-refractivity contribution in [2.45, 2.75) is 45.6 Å². The summed E-state index contributed by atoms with van der Waals surface area (Å²) in [6.07, 6.45) is 4.65. The Bertz CT molecular complexity index is 408. The van der Waals surface area contributed by atoms with Crippen molar-refractivity contribution in [3.63, 3.8) is 0 Å². The quantitative estimate of drug-likeness (QED) is 0.883. The number of aryl methyl sites for hydroxylation is 2. The third-order valence-corrected chi connectivity index (χ3v) is 5.07. The van der Waals surface area contributed by atoms with Gasteiger partial charge in [-0.1, -0.05) is 12.8 Å². The lowest BCUT2D eigenvalue weighted by atomic mass is 9.84. The van der Waals surface area contributed by atoms with Gasteiger partial charge in [-0.2, -0.15) is 0 Å². The van der Waals surface area contributed by atoms with Crippen molar-refractivity contribution in [2.24, 2.45) is 11.7 Å². The molecule has 2 rings (SSSR count). The summed E-state index contributed by atoms with van der Waals surface area (Å²) in [6, 6.07) is 2.24. The zero-order chi connectivity index (χ0) is 13.1. The van der Waals surface area contributed by atoms with Gasteiger partial charge in [-0.05, 0) is 50.8 Å². The molecule has 100 valence electrons. The molecule has 1 aliphatic rings. The highest BCUT2D eigenvalue weighted by Gasteiger charge is 2.26. The standard InChI is InChI=1S/C14H22N2OS/c1-9-7-13(18-10(9)2)14(17)16-12-6-4-3-5-11(12)8-15/h7,11-12H,3-6,8,15H2,1-2H3,(H,16,17). The Morgan fingerprint density at radius 3 is 2.78 bits per heavy atom. The van der Waals surface area contributed by atoms with Crippen molar-refractivity contribution in [3.8, 4) is 0 Å². The lowest BCUT2D eigenvalue weighted by Gasteiger charge is -2.31. The Labute approximate surface area is 113 Å². The van der Waals surface area contributed by atoms with Crippen molar-refractivity contribution in [2.75, 3.05) is 6.54 Å². The van der Waals surface area contributed by atoms with Gasteiger partial charge in [0.25, 0.3) is 5.91 Å². The zero-order valence-electron chi connectivity index (χ0n) is 11.2. The van der Waals surface area contributed by atoms with Crippen molar-refractivity contribution in [1.82, 2.24) is 5.32 Å². The molecule has 1 fully saturated rings. The van der Waals surface area contributed by atoms with Gasteiger partial charge < -0.3 is 11.1 Å². The maximum absolute atomic E-state index is 12.2. The summed E-state index contributed by atoms with van der Waals surface area (Å²) in [6.45, 7) is 4.78. The van der Waals surface area contributed by atoms with Gasteiger partial charge in [0.05, 0.1) is 4.88 Å². The molecule has 0 aromatic carbocycles. The second-order valence-corrected chi connectivity index (χ2v) is 6.47. The van der Waals surface area contributed by atoms with Gasteiger partial charge >= 0.3 is 0 Å². The van der Waals surface area contributed by atoms with Crippen molar-refractivity contribution in [3.05, 3.63) is 21.4 Å². The molecule has 0 radical (unpaired) electrons. The van der Waals surface area contributed by atoms with Crippen LogP contribution in [0.25, 0.3) is 0 Å². The first-order valence-corrected chi connectivity index (χ1v) is 7.51. The fourth-order valence-electron chi connectivity index (χ4n) is 2.60. The van der Waals surface area contributed by atoms with E-state index in [4.69, 9.17) is 5.73 Å². The maximum Gasteiger partial charge on any atom is 0.261 e. The van der Waals surface area contributed by atoms with E-state index < -0.39 is 0 Å². The molecule has 2 unspecified atom stereocenters. The van der Waals surface area contributed by atoms with Crippen molar-refractivity contribution >= 4 is 17.2 Å². The minimum atomic E-state index is 0.0709. The minimum absolute atomic E-state index is 0.0709. The molecule has 1 heterocycles. The van der Waals surface area contributed by atoms with Crippen LogP contribution in [0.15, 0.2) is 6.07 Å². The molecule has 0 bridgehead atoms. The Hall–Kier alpha value is -0.870. The van der Waals surface area contributed by atoms with E-state index in [1.165, 1.54) is 23.3 Å². The minimum Gasteiger partial charge on any atom is -0.348 e. The third-order valence-electron chi connectivity index (χ3n) is 3.92. The smallest absolute Gasteiger partial charge is 0.261 e. The molecule has 1 saturated carbocycles. The van der Waals surface area contributed by atoms with Gasteiger partial charge in [0.2, 0.25) is 0 Å². The van der Waals surface area contributed by atoms with Crippen LogP contribution in [0.3, 0.4) is 0 Å². The molecule has 18 heavy (non-hydrogen) atoms. The first kappa shape index (κ1) is 13.6. The highest BCUT2D eigenvalue weighted by Crippen LogP contribution is 2.25. The Kier molecular flexibility index (Phi) is 4.40. The predicted octanol–water partition coefficient (Wildman–Crippen LogP) is 2.61. The number of hydrogen-bond acceptors (Lipinski definition) is 3. The molecule has 1 aromatic heterocycles. The number of hydrogen-bond donors (Lipinski definition) is 2. The van der Waals surface area contributed by atoms with E-state index in [0.717, 1.165) is 17.7 Å². The average molecular weight is 266 g/mol. The summed E-state index contributed by atoms with van der Waals surface area (Å²) in [5, 5.41) is 3.17. The van der Waals surface area contributed by atoms with E-state index in [1.54, 1.807) is 11.3 Å². The Balaban J connectivity index is 2.01. The van der Waals surface area contributed by atoms with E-state index >= 15 is 0 Å². The molecule has 1 aliphatic carbocycles. The van der Waals surface area contributed by atoms with E-state index in [2.05, 4.69) is 12.2 Å². The third kappa shape index (κ3) is 2.93. The van der Waals surface area contributed by atoms with Crippen LogP contribution in [0, 0.1) is 19.8 Å². The van der Waals surface area contributed by atoms with Crippen LogP contribution in [-0.2, 0) is 0 Å².